The highest BCUT2D eigenvalue weighted by atomic mass is 35.5. The third-order valence-corrected chi connectivity index (χ3v) is 4.60. The van der Waals surface area contributed by atoms with Crippen molar-refractivity contribution >= 4 is 18.3 Å². The van der Waals surface area contributed by atoms with E-state index in [1.807, 2.05) is 0 Å². The molecule has 1 aliphatic carbocycles. The van der Waals surface area contributed by atoms with Gasteiger partial charge in [-0.25, -0.2) is 0 Å². The van der Waals surface area contributed by atoms with Gasteiger partial charge in [-0.05, 0) is 36.5 Å². The summed E-state index contributed by atoms with van der Waals surface area (Å²) in [5, 5.41) is 0. The highest BCUT2D eigenvalue weighted by Gasteiger charge is 2.40. The molecule has 19 heavy (non-hydrogen) atoms. The third kappa shape index (κ3) is 4.35. The minimum Gasteiger partial charge on any atom is -0.342 e. The Morgan fingerprint density at radius 2 is 1.95 bits per heavy atom. The zero-order valence-electron chi connectivity index (χ0n) is 12.5. The molecule has 3 nitrogen and oxygen atoms in total. The molecule has 112 valence electrons. The summed E-state index contributed by atoms with van der Waals surface area (Å²) in [6.07, 6.45) is 5.32. The lowest BCUT2D eigenvalue weighted by Crippen LogP contribution is -2.38. The van der Waals surface area contributed by atoms with Crippen molar-refractivity contribution in [3.8, 4) is 0 Å². The number of nitrogens with zero attached hydrogens (tertiary/aromatic N) is 1. The van der Waals surface area contributed by atoms with E-state index in [1.54, 1.807) is 0 Å². The lowest BCUT2D eigenvalue weighted by atomic mass is 9.78. The Balaban J connectivity index is 0.00000180. The Morgan fingerprint density at radius 1 is 1.26 bits per heavy atom. The summed E-state index contributed by atoms with van der Waals surface area (Å²) in [6, 6.07) is 0.323. The molecule has 4 heteroatoms. The summed E-state index contributed by atoms with van der Waals surface area (Å²) < 4.78 is 0. The van der Waals surface area contributed by atoms with Crippen LogP contribution in [0.4, 0.5) is 0 Å². The Bertz CT molecular complexity index is 314. The van der Waals surface area contributed by atoms with Crippen LogP contribution in [-0.4, -0.2) is 29.9 Å². The van der Waals surface area contributed by atoms with Crippen molar-refractivity contribution in [2.24, 2.45) is 23.0 Å². The maximum atomic E-state index is 12.2. The lowest BCUT2D eigenvalue weighted by molar-refractivity contribution is -0.130. The largest absolute Gasteiger partial charge is 0.342 e. The van der Waals surface area contributed by atoms with Gasteiger partial charge in [0.2, 0.25) is 5.91 Å². The van der Waals surface area contributed by atoms with Crippen molar-refractivity contribution in [2.45, 2.75) is 58.9 Å². The maximum Gasteiger partial charge on any atom is 0.222 e. The van der Waals surface area contributed by atoms with Crippen LogP contribution in [0.15, 0.2) is 0 Å². The Kier molecular flexibility index (Phi) is 5.69. The number of amides is 1. The van der Waals surface area contributed by atoms with E-state index in [0.717, 1.165) is 25.9 Å². The number of halogens is 1. The van der Waals surface area contributed by atoms with Gasteiger partial charge in [0, 0.05) is 25.6 Å². The average Bonchev–Trinajstić information content (AvgIpc) is 2.70. The zero-order chi connectivity index (χ0) is 13.3. The van der Waals surface area contributed by atoms with E-state index in [2.05, 4.69) is 25.7 Å². The first-order valence-corrected chi connectivity index (χ1v) is 7.40. The minimum atomic E-state index is 0. The van der Waals surface area contributed by atoms with Crippen LogP contribution in [0, 0.1) is 17.3 Å². The van der Waals surface area contributed by atoms with E-state index >= 15 is 0 Å². The summed E-state index contributed by atoms with van der Waals surface area (Å²) in [5.41, 5.74) is 6.44. The van der Waals surface area contributed by atoms with Crippen molar-refractivity contribution in [3.05, 3.63) is 0 Å². The number of carbonyl (C=O) groups is 1. The molecule has 0 aromatic carbocycles. The SMILES string of the molecule is CC(C)(C)CCC(=O)N1CC2CCCC(N)C2C1.Cl. The van der Waals surface area contributed by atoms with Crippen LogP contribution in [-0.2, 0) is 4.79 Å². The maximum absolute atomic E-state index is 12.2. The summed E-state index contributed by atoms with van der Waals surface area (Å²) in [5.74, 6) is 1.58. The summed E-state index contributed by atoms with van der Waals surface area (Å²) in [4.78, 5) is 14.3. The second kappa shape index (κ2) is 6.45. The average molecular weight is 289 g/mol. The minimum absolute atomic E-state index is 0. The van der Waals surface area contributed by atoms with E-state index < -0.39 is 0 Å². The fourth-order valence-corrected chi connectivity index (χ4v) is 3.36. The predicted octanol–water partition coefficient (Wildman–Crippen LogP) is 2.82. The zero-order valence-corrected chi connectivity index (χ0v) is 13.3. The first kappa shape index (κ1) is 16.8. The number of rotatable bonds is 2. The molecular formula is C15H29ClN2O. The molecule has 1 saturated heterocycles. The Morgan fingerprint density at radius 3 is 2.53 bits per heavy atom. The molecule has 1 saturated carbocycles. The summed E-state index contributed by atoms with van der Waals surface area (Å²) in [6.45, 7) is 8.45. The van der Waals surface area contributed by atoms with Crippen molar-refractivity contribution in [1.82, 2.24) is 4.90 Å². The Labute approximate surface area is 123 Å². The van der Waals surface area contributed by atoms with Gasteiger partial charge in [0.05, 0.1) is 0 Å². The van der Waals surface area contributed by atoms with Gasteiger partial charge in [-0.1, -0.05) is 27.2 Å². The third-order valence-electron chi connectivity index (χ3n) is 4.60. The standard InChI is InChI=1S/C15H28N2O.ClH/c1-15(2,3)8-7-14(18)17-9-11-5-4-6-13(16)12(11)10-17;/h11-13H,4-10,16H2,1-3H3;1H. The number of likely N-dealkylation sites (tertiary alicyclic amines) is 1. The van der Waals surface area contributed by atoms with Crippen LogP contribution in [0.1, 0.15) is 52.9 Å². The smallest absolute Gasteiger partial charge is 0.222 e. The number of fused-ring (bicyclic) bond motifs is 1. The van der Waals surface area contributed by atoms with Crippen LogP contribution < -0.4 is 5.73 Å². The quantitative estimate of drug-likeness (QED) is 0.849. The fraction of sp³-hybridized carbons (Fsp3) is 0.933. The molecule has 3 unspecified atom stereocenters. The summed E-state index contributed by atoms with van der Waals surface area (Å²) >= 11 is 0. The molecule has 1 aliphatic heterocycles. The molecule has 2 aliphatic rings. The molecule has 2 N–H and O–H groups in total. The van der Waals surface area contributed by atoms with E-state index in [-0.39, 0.29) is 17.8 Å². The van der Waals surface area contributed by atoms with Gasteiger partial charge in [0.15, 0.2) is 0 Å². The van der Waals surface area contributed by atoms with E-state index in [4.69, 9.17) is 5.73 Å². The molecule has 1 heterocycles. The predicted molar refractivity (Wildman–Crippen MR) is 81.3 cm³/mol. The number of carbonyl (C=O) groups excluding carboxylic acids is 1. The van der Waals surface area contributed by atoms with E-state index in [1.165, 1.54) is 12.8 Å². The van der Waals surface area contributed by atoms with Crippen LogP contribution in [0.3, 0.4) is 0 Å². The van der Waals surface area contributed by atoms with Crippen LogP contribution >= 0.6 is 12.4 Å². The van der Waals surface area contributed by atoms with Gasteiger partial charge in [0.25, 0.3) is 0 Å². The van der Waals surface area contributed by atoms with Crippen LogP contribution in [0.2, 0.25) is 0 Å². The van der Waals surface area contributed by atoms with Crippen LogP contribution in [0.25, 0.3) is 0 Å². The molecule has 3 atom stereocenters. The first-order chi connectivity index (χ1) is 8.37. The van der Waals surface area contributed by atoms with Gasteiger partial charge in [-0.3, -0.25) is 4.79 Å². The van der Waals surface area contributed by atoms with Crippen molar-refractivity contribution < 1.29 is 4.79 Å². The molecule has 0 aromatic rings. The van der Waals surface area contributed by atoms with Crippen molar-refractivity contribution in [1.29, 1.82) is 0 Å². The van der Waals surface area contributed by atoms with Crippen molar-refractivity contribution in [3.63, 3.8) is 0 Å². The highest BCUT2D eigenvalue weighted by molar-refractivity contribution is 5.85. The topological polar surface area (TPSA) is 46.3 Å². The molecule has 0 bridgehead atoms. The van der Waals surface area contributed by atoms with Gasteiger partial charge in [0.1, 0.15) is 0 Å². The Hall–Kier alpha value is -0.280. The molecule has 2 fully saturated rings. The normalized spacial score (nSPS) is 30.7. The van der Waals surface area contributed by atoms with E-state index in [0.29, 0.717) is 30.2 Å². The second-order valence-corrected chi connectivity index (χ2v) is 7.38. The lowest BCUT2D eigenvalue weighted by Gasteiger charge is -2.29. The fourth-order valence-electron chi connectivity index (χ4n) is 3.36. The molecule has 0 aromatic heterocycles. The van der Waals surface area contributed by atoms with Crippen LogP contribution in [0.5, 0.6) is 0 Å². The second-order valence-electron chi connectivity index (χ2n) is 7.38. The molecule has 1 amide bonds. The summed E-state index contributed by atoms with van der Waals surface area (Å²) in [7, 11) is 0. The number of nitrogens with two attached hydrogens (primary N) is 1. The number of hydrogen-bond acceptors (Lipinski definition) is 2. The van der Waals surface area contributed by atoms with Gasteiger partial charge in [-0.15, -0.1) is 12.4 Å². The monoisotopic (exact) mass is 288 g/mol. The van der Waals surface area contributed by atoms with Gasteiger partial charge >= 0.3 is 0 Å². The molecule has 0 spiro atoms. The molecular weight excluding hydrogens is 260 g/mol. The highest BCUT2D eigenvalue weighted by Crippen LogP contribution is 2.36. The van der Waals surface area contributed by atoms with Gasteiger partial charge < -0.3 is 10.6 Å². The molecule has 0 radical (unpaired) electrons. The number of hydrogen-bond donors (Lipinski definition) is 1. The van der Waals surface area contributed by atoms with Gasteiger partial charge in [-0.2, -0.15) is 0 Å². The van der Waals surface area contributed by atoms with E-state index in [9.17, 15) is 4.79 Å². The molecule has 2 rings (SSSR count). The first-order valence-electron chi connectivity index (χ1n) is 7.40. The van der Waals surface area contributed by atoms with Crippen molar-refractivity contribution in [2.75, 3.05) is 13.1 Å².